The summed E-state index contributed by atoms with van der Waals surface area (Å²) in [5.41, 5.74) is 0. The highest BCUT2D eigenvalue weighted by Gasteiger charge is 2.20. The molecule has 128 valence electrons. The van der Waals surface area contributed by atoms with Gasteiger partial charge < -0.3 is 19.4 Å². The Hall–Kier alpha value is -2.79. The number of fused-ring (bicyclic) bond motifs is 1. The van der Waals surface area contributed by atoms with Crippen LogP contribution in [-0.2, 0) is 6.61 Å². The van der Waals surface area contributed by atoms with Crippen molar-refractivity contribution in [3.8, 4) is 5.75 Å². The fourth-order valence-corrected chi connectivity index (χ4v) is 3.01. The van der Waals surface area contributed by atoms with Crippen molar-refractivity contribution in [2.24, 2.45) is 0 Å². The van der Waals surface area contributed by atoms with Crippen LogP contribution in [0.1, 0.15) is 16.3 Å². The van der Waals surface area contributed by atoms with Crippen molar-refractivity contribution in [2.45, 2.75) is 6.61 Å². The summed E-state index contributed by atoms with van der Waals surface area (Å²) in [5, 5.41) is 5.54. The molecule has 1 aromatic heterocycles. The second-order valence-corrected chi connectivity index (χ2v) is 6.11. The minimum atomic E-state index is -0.0570. The molecule has 0 radical (unpaired) electrons. The van der Waals surface area contributed by atoms with Gasteiger partial charge in [0, 0.05) is 26.2 Å². The van der Waals surface area contributed by atoms with E-state index in [0.29, 0.717) is 31.2 Å². The van der Waals surface area contributed by atoms with Crippen molar-refractivity contribution < 1.29 is 13.9 Å². The van der Waals surface area contributed by atoms with Crippen molar-refractivity contribution in [3.63, 3.8) is 0 Å². The molecule has 0 saturated carbocycles. The van der Waals surface area contributed by atoms with Gasteiger partial charge in [-0.3, -0.25) is 4.79 Å². The van der Waals surface area contributed by atoms with Crippen molar-refractivity contribution in [1.29, 1.82) is 0 Å². The topological polar surface area (TPSA) is 54.7 Å². The molecule has 4 rings (SSSR count). The third-order valence-electron chi connectivity index (χ3n) is 4.38. The molecule has 25 heavy (non-hydrogen) atoms. The summed E-state index contributed by atoms with van der Waals surface area (Å²) >= 11 is 0. The van der Waals surface area contributed by atoms with Crippen LogP contribution < -0.4 is 10.1 Å². The van der Waals surface area contributed by atoms with Crippen molar-refractivity contribution >= 4 is 16.7 Å². The van der Waals surface area contributed by atoms with Gasteiger partial charge >= 0.3 is 0 Å². The molecule has 5 nitrogen and oxygen atoms in total. The molecule has 0 spiro atoms. The number of carbonyl (C=O) groups excluding carboxylic acids is 1. The van der Waals surface area contributed by atoms with Crippen LogP contribution >= 0.6 is 0 Å². The second kappa shape index (κ2) is 6.99. The summed E-state index contributed by atoms with van der Waals surface area (Å²) in [6, 6.07) is 17.7. The maximum atomic E-state index is 12.4. The minimum absolute atomic E-state index is 0.0570. The molecule has 1 aliphatic heterocycles. The van der Waals surface area contributed by atoms with Crippen LogP contribution in [0.2, 0.25) is 0 Å². The number of carbonyl (C=O) groups is 1. The standard InChI is InChI=1S/C20H20N2O3/c23-20(22-11-9-21-10-12-22)19-8-7-18(25-19)14-24-17-6-5-15-3-1-2-4-16(15)13-17/h1-8,13,21H,9-12,14H2. The summed E-state index contributed by atoms with van der Waals surface area (Å²) in [7, 11) is 0. The number of nitrogens with one attached hydrogen (secondary N) is 1. The van der Waals surface area contributed by atoms with Crippen LogP contribution in [-0.4, -0.2) is 37.0 Å². The average molecular weight is 336 g/mol. The first-order valence-electron chi connectivity index (χ1n) is 8.50. The summed E-state index contributed by atoms with van der Waals surface area (Å²) < 4.78 is 11.5. The van der Waals surface area contributed by atoms with Crippen LogP contribution in [0.3, 0.4) is 0 Å². The maximum Gasteiger partial charge on any atom is 0.289 e. The number of piperazine rings is 1. The van der Waals surface area contributed by atoms with Gasteiger partial charge in [0.2, 0.25) is 0 Å². The average Bonchev–Trinajstić information content (AvgIpc) is 3.15. The molecule has 0 bridgehead atoms. The maximum absolute atomic E-state index is 12.4. The molecule has 1 N–H and O–H groups in total. The van der Waals surface area contributed by atoms with Crippen LogP contribution in [0.15, 0.2) is 59.0 Å². The van der Waals surface area contributed by atoms with E-state index in [1.54, 1.807) is 12.1 Å². The molecule has 3 aromatic rings. The molecule has 0 unspecified atom stereocenters. The first-order chi connectivity index (χ1) is 12.3. The fraction of sp³-hybridized carbons (Fsp3) is 0.250. The van der Waals surface area contributed by atoms with E-state index < -0.39 is 0 Å². The van der Waals surface area contributed by atoms with E-state index in [1.165, 1.54) is 5.39 Å². The highest BCUT2D eigenvalue weighted by atomic mass is 16.5. The van der Waals surface area contributed by atoms with Crippen molar-refractivity contribution in [1.82, 2.24) is 10.2 Å². The highest BCUT2D eigenvalue weighted by Crippen LogP contribution is 2.22. The van der Waals surface area contributed by atoms with Gasteiger partial charge in [0.15, 0.2) is 5.76 Å². The molecule has 0 atom stereocenters. The first-order valence-corrected chi connectivity index (χ1v) is 8.50. The number of hydrogen-bond acceptors (Lipinski definition) is 4. The van der Waals surface area contributed by atoms with Gasteiger partial charge in [0.05, 0.1) is 0 Å². The smallest absolute Gasteiger partial charge is 0.289 e. The zero-order chi connectivity index (χ0) is 17.1. The van der Waals surface area contributed by atoms with Gasteiger partial charge in [0.1, 0.15) is 18.1 Å². The largest absolute Gasteiger partial charge is 0.486 e. The Morgan fingerprint density at radius 1 is 1.04 bits per heavy atom. The van der Waals surface area contributed by atoms with Crippen molar-refractivity contribution in [3.05, 3.63) is 66.1 Å². The fourth-order valence-electron chi connectivity index (χ4n) is 3.01. The Balaban J connectivity index is 1.41. The van der Waals surface area contributed by atoms with Gasteiger partial charge in [-0.25, -0.2) is 0 Å². The molecule has 2 heterocycles. The van der Waals surface area contributed by atoms with E-state index >= 15 is 0 Å². The van der Waals surface area contributed by atoms with Crippen LogP contribution in [0.4, 0.5) is 0 Å². The van der Waals surface area contributed by atoms with E-state index in [2.05, 4.69) is 17.4 Å². The Morgan fingerprint density at radius 2 is 1.84 bits per heavy atom. The normalized spacial score (nSPS) is 14.6. The lowest BCUT2D eigenvalue weighted by Gasteiger charge is -2.26. The molecule has 1 amide bonds. The summed E-state index contributed by atoms with van der Waals surface area (Å²) in [6.45, 7) is 3.37. The van der Waals surface area contributed by atoms with Crippen LogP contribution in [0.25, 0.3) is 10.8 Å². The lowest BCUT2D eigenvalue weighted by molar-refractivity contribution is 0.0699. The van der Waals surface area contributed by atoms with E-state index in [0.717, 1.165) is 24.2 Å². The monoisotopic (exact) mass is 336 g/mol. The molecule has 1 fully saturated rings. The van der Waals surface area contributed by atoms with Gasteiger partial charge in [-0.1, -0.05) is 30.3 Å². The molecule has 5 heteroatoms. The first kappa shape index (κ1) is 15.7. The summed E-state index contributed by atoms with van der Waals surface area (Å²) in [4.78, 5) is 14.2. The van der Waals surface area contributed by atoms with E-state index in [1.807, 2.05) is 35.2 Å². The number of rotatable bonds is 4. The van der Waals surface area contributed by atoms with E-state index in [9.17, 15) is 4.79 Å². The van der Waals surface area contributed by atoms with E-state index in [-0.39, 0.29) is 5.91 Å². The number of amides is 1. The highest BCUT2D eigenvalue weighted by molar-refractivity contribution is 5.91. The zero-order valence-electron chi connectivity index (χ0n) is 13.9. The Morgan fingerprint density at radius 3 is 2.68 bits per heavy atom. The number of ether oxygens (including phenoxy) is 1. The zero-order valence-corrected chi connectivity index (χ0v) is 13.9. The Labute approximate surface area is 146 Å². The SMILES string of the molecule is O=C(c1ccc(COc2ccc3ccccc3c2)o1)N1CCNCC1. The predicted molar refractivity (Wildman–Crippen MR) is 95.8 cm³/mol. The summed E-state index contributed by atoms with van der Waals surface area (Å²) in [5.74, 6) is 1.74. The molecule has 0 aliphatic carbocycles. The quantitative estimate of drug-likeness (QED) is 0.796. The summed E-state index contributed by atoms with van der Waals surface area (Å²) in [6.07, 6.45) is 0. The van der Waals surface area contributed by atoms with Crippen LogP contribution in [0, 0.1) is 0 Å². The second-order valence-electron chi connectivity index (χ2n) is 6.11. The van der Waals surface area contributed by atoms with Gasteiger partial charge in [-0.15, -0.1) is 0 Å². The lowest BCUT2D eigenvalue weighted by Crippen LogP contribution is -2.46. The molecular weight excluding hydrogens is 316 g/mol. The molecule has 1 aliphatic rings. The Bertz CT molecular complexity index is 881. The predicted octanol–water partition coefficient (Wildman–Crippen LogP) is 3.06. The number of furan rings is 1. The van der Waals surface area contributed by atoms with Crippen LogP contribution in [0.5, 0.6) is 5.75 Å². The number of benzene rings is 2. The Kier molecular flexibility index (Phi) is 4.39. The van der Waals surface area contributed by atoms with Gasteiger partial charge in [-0.05, 0) is 35.0 Å². The van der Waals surface area contributed by atoms with Crippen molar-refractivity contribution in [2.75, 3.05) is 26.2 Å². The van der Waals surface area contributed by atoms with E-state index in [4.69, 9.17) is 9.15 Å². The molecule has 2 aromatic carbocycles. The number of hydrogen-bond donors (Lipinski definition) is 1. The third-order valence-corrected chi connectivity index (χ3v) is 4.38. The van der Waals surface area contributed by atoms with Gasteiger partial charge in [-0.2, -0.15) is 0 Å². The number of nitrogens with zero attached hydrogens (tertiary/aromatic N) is 1. The minimum Gasteiger partial charge on any atom is -0.486 e. The third kappa shape index (κ3) is 3.51. The van der Waals surface area contributed by atoms with Gasteiger partial charge in [0.25, 0.3) is 5.91 Å². The lowest BCUT2D eigenvalue weighted by atomic mass is 10.1. The molecular formula is C20H20N2O3. The molecule has 1 saturated heterocycles.